The molecule has 0 aliphatic carbocycles. The first-order chi connectivity index (χ1) is 7.67. The fourth-order valence-corrected chi connectivity index (χ4v) is 1.99. The summed E-state index contributed by atoms with van der Waals surface area (Å²) in [5.74, 6) is -1.08. The molecule has 100 valence electrons. The summed E-state index contributed by atoms with van der Waals surface area (Å²) in [7, 11) is 0. The second-order valence-electron chi connectivity index (χ2n) is 4.83. The maximum Gasteiger partial charge on any atom is 0.407 e. The maximum atomic E-state index is 11.5. The lowest BCUT2D eigenvalue weighted by molar-refractivity contribution is -0.141. The van der Waals surface area contributed by atoms with E-state index in [1.54, 1.807) is 27.7 Å². The van der Waals surface area contributed by atoms with E-state index >= 15 is 0 Å². The van der Waals surface area contributed by atoms with Gasteiger partial charge in [-0.1, -0.05) is 0 Å². The van der Waals surface area contributed by atoms with Gasteiger partial charge in [0.2, 0.25) is 0 Å². The van der Waals surface area contributed by atoms with E-state index < -0.39 is 29.6 Å². The minimum atomic E-state index is -0.914. The Labute approximate surface area is 106 Å². The molecule has 17 heavy (non-hydrogen) atoms. The fraction of sp³-hybridized carbons (Fsp3) is 0.818. The second-order valence-corrected chi connectivity index (χ2v) is 5.75. The van der Waals surface area contributed by atoms with E-state index in [9.17, 15) is 9.59 Å². The number of thioether (sulfide) groups is 1. The zero-order chi connectivity index (χ0) is 13.6. The van der Waals surface area contributed by atoms with E-state index in [0.717, 1.165) is 0 Å². The predicted octanol–water partition coefficient (Wildman–Crippen LogP) is 1.96. The van der Waals surface area contributed by atoms with Crippen LogP contribution < -0.4 is 5.32 Å². The molecule has 0 aliphatic heterocycles. The van der Waals surface area contributed by atoms with Gasteiger partial charge < -0.3 is 15.2 Å². The summed E-state index contributed by atoms with van der Waals surface area (Å²) in [6, 6.07) is -0.463. The molecule has 0 aromatic carbocycles. The van der Waals surface area contributed by atoms with Crippen molar-refractivity contribution in [2.75, 3.05) is 12.0 Å². The van der Waals surface area contributed by atoms with Crippen LogP contribution in [-0.4, -0.2) is 40.8 Å². The van der Waals surface area contributed by atoms with Crippen molar-refractivity contribution in [1.82, 2.24) is 5.32 Å². The predicted molar refractivity (Wildman–Crippen MR) is 68.3 cm³/mol. The van der Waals surface area contributed by atoms with E-state index in [2.05, 4.69) is 5.32 Å². The number of carbonyl (C=O) groups excluding carboxylic acids is 1. The quantitative estimate of drug-likeness (QED) is 0.793. The number of hydrogen-bond donors (Lipinski definition) is 2. The van der Waals surface area contributed by atoms with Crippen molar-refractivity contribution < 1.29 is 19.4 Å². The SMILES string of the molecule is CSCC(C(=O)O)[C@@H](C)NC(=O)OC(C)(C)C. The number of amides is 1. The Kier molecular flexibility index (Phi) is 6.37. The fourth-order valence-electron chi connectivity index (χ4n) is 1.20. The van der Waals surface area contributed by atoms with Gasteiger partial charge in [0.1, 0.15) is 5.60 Å². The van der Waals surface area contributed by atoms with Crippen molar-refractivity contribution >= 4 is 23.8 Å². The summed E-state index contributed by atoms with van der Waals surface area (Å²) in [5.41, 5.74) is -0.581. The van der Waals surface area contributed by atoms with Gasteiger partial charge in [-0.05, 0) is 34.0 Å². The third-order valence-corrected chi connectivity index (χ3v) is 2.70. The zero-order valence-corrected chi connectivity index (χ0v) is 11.8. The molecule has 2 N–H and O–H groups in total. The molecule has 0 fully saturated rings. The molecule has 0 aromatic rings. The summed E-state index contributed by atoms with van der Waals surface area (Å²) in [6.07, 6.45) is 1.24. The van der Waals surface area contributed by atoms with Crippen molar-refractivity contribution in [1.29, 1.82) is 0 Å². The van der Waals surface area contributed by atoms with Gasteiger partial charge in [-0.2, -0.15) is 11.8 Å². The van der Waals surface area contributed by atoms with Crippen molar-refractivity contribution in [3.63, 3.8) is 0 Å². The number of alkyl carbamates (subject to hydrolysis) is 1. The maximum absolute atomic E-state index is 11.5. The molecular weight excluding hydrogens is 242 g/mol. The van der Waals surface area contributed by atoms with Gasteiger partial charge in [0.05, 0.1) is 5.92 Å². The molecule has 0 radical (unpaired) electrons. The van der Waals surface area contributed by atoms with Crippen LogP contribution in [0.5, 0.6) is 0 Å². The first-order valence-corrected chi connectivity index (χ1v) is 6.78. The first-order valence-electron chi connectivity index (χ1n) is 5.38. The number of rotatable bonds is 5. The Morgan fingerprint density at radius 2 is 1.94 bits per heavy atom. The van der Waals surface area contributed by atoms with Crippen molar-refractivity contribution in [2.24, 2.45) is 5.92 Å². The summed E-state index contributed by atoms with van der Waals surface area (Å²) in [5, 5.41) is 11.6. The molecule has 1 unspecified atom stereocenters. The minimum absolute atomic E-state index is 0.451. The van der Waals surface area contributed by atoms with E-state index in [1.807, 2.05) is 6.26 Å². The number of carboxylic acids is 1. The van der Waals surface area contributed by atoms with Gasteiger partial charge in [-0.15, -0.1) is 0 Å². The number of aliphatic carboxylic acids is 1. The van der Waals surface area contributed by atoms with Crippen LogP contribution in [0, 0.1) is 5.92 Å². The Hall–Kier alpha value is -0.910. The van der Waals surface area contributed by atoms with Gasteiger partial charge in [0.25, 0.3) is 0 Å². The Morgan fingerprint density at radius 1 is 1.41 bits per heavy atom. The van der Waals surface area contributed by atoms with Crippen LogP contribution in [0.15, 0.2) is 0 Å². The van der Waals surface area contributed by atoms with Crippen molar-refractivity contribution in [2.45, 2.75) is 39.3 Å². The Bertz CT molecular complexity index is 275. The average molecular weight is 263 g/mol. The number of carbonyl (C=O) groups is 2. The molecule has 0 rings (SSSR count). The van der Waals surface area contributed by atoms with Crippen LogP contribution in [-0.2, 0) is 9.53 Å². The molecule has 0 spiro atoms. The smallest absolute Gasteiger partial charge is 0.407 e. The second kappa shape index (κ2) is 6.74. The summed E-state index contributed by atoms with van der Waals surface area (Å²) in [6.45, 7) is 6.94. The van der Waals surface area contributed by atoms with Crippen LogP contribution in [0.25, 0.3) is 0 Å². The third-order valence-electron chi connectivity index (χ3n) is 2.01. The molecule has 0 aliphatic rings. The van der Waals surface area contributed by atoms with Gasteiger partial charge in [0, 0.05) is 11.8 Å². The highest BCUT2D eigenvalue weighted by atomic mass is 32.2. The molecule has 0 bridgehead atoms. The van der Waals surface area contributed by atoms with Crippen LogP contribution in [0.1, 0.15) is 27.7 Å². The summed E-state index contributed by atoms with van der Waals surface area (Å²) < 4.78 is 5.07. The largest absolute Gasteiger partial charge is 0.481 e. The number of carboxylic acid groups (broad SMARTS) is 1. The number of hydrogen-bond acceptors (Lipinski definition) is 4. The standard InChI is InChI=1S/C11H21NO4S/c1-7(8(6-17-5)9(13)14)12-10(15)16-11(2,3)4/h7-8H,6H2,1-5H3,(H,12,15)(H,13,14)/t7-,8?/m1/s1. The van der Waals surface area contributed by atoms with E-state index in [-0.39, 0.29) is 0 Å². The Balaban J connectivity index is 4.35. The normalized spacial score (nSPS) is 14.9. The Morgan fingerprint density at radius 3 is 2.29 bits per heavy atom. The van der Waals surface area contributed by atoms with E-state index in [4.69, 9.17) is 9.84 Å². The topological polar surface area (TPSA) is 75.6 Å². The molecule has 2 atom stereocenters. The van der Waals surface area contributed by atoms with Crippen LogP contribution in [0.2, 0.25) is 0 Å². The van der Waals surface area contributed by atoms with Gasteiger partial charge in [0.15, 0.2) is 0 Å². The highest BCUT2D eigenvalue weighted by Gasteiger charge is 2.27. The van der Waals surface area contributed by atoms with Crippen molar-refractivity contribution in [3.05, 3.63) is 0 Å². The summed E-state index contributed by atoms with van der Waals surface area (Å²) >= 11 is 1.43. The minimum Gasteiger partial charge on any atom is -0.481 e. The zero-order valence-electron chi connectivity index (χ0n) is 10.9. The molecular formula is C11H21NO4S. The van der Waals surface area contributed by atoms with Gasteiger partial charge in [-0.3, -0.25) is 4.79 Å². The molecule has 0 aromatic heterocycles. The monoisotopic (exact) mass is 263 g/mol. The molecule has 0 heterocycles. The lowest BCUT2D eigenvalue weighted by atomic mass is 10.0. The van der Waals surface area contributed by atoms with Gasteiger partial charge in [-0.25, -0.2) is 4.79 Å². The van der Waals surface area contributed by atoms with Crippen LogP contribution >= 0.6 is 11.8 Å². The van der Waals surface area contributed by atoms with Crippen molar-refractivity contribution in [3.8, 4) is 0 Å². The van der Waals surface area contributed by atoms with E-state index in [0.29, 0.717) is 5.75 Å². The van der Waals surface area contributed by atoms with Crippen LogP contribution in [0.3, 0.4) is 0 Å². The number of ether oxygens (including phenoxy) is 1. The molecule has 0 saturated heterocycles. The average Bonchev–Trinajstić information content (AvgIpc) is 2.09. The van der Waals surface area contributed by atoms with Gasteiger partial charge >= 0.3 is 12.1 Å². The van der Waals surface area contributed by atoms with Crippen LogP contribution in [0.4, 0.5) is 4.79 Å². The third kappa shape index (κ3) is 7.10. The lowest BCUT2D eigenvalue weighted by Crippen LogP contribution is -2.44. The first kappa shape index (κ1) is 16.1. The molecule has 5 nitrogen and oxygen atoms in total. The van der Waals surface area contributed by atoms with E-state index in [1.165, 1.54) is 11.8 Å². The number of nitrogens with one attached hydrogen (secondary N) is 1. The summed E-state index contributed by atoms with van der Waals surface area (Å²) in [4.78, 5) is 22.5. The highest BCUT2D eigenvalue weighted by Crippen LogP contribution is 2.12. The molecule has 6 heteroatoms. The molecule has 1 amide bonds. The molecule has 0 saturated carbocycles. The lowest BCUT2D eigenvalue weighted by Gasteiger charge is -2.24. The highest BCUT2D eigenvalue weighted by molar-refractivity contribution is 7.98.